The Hall–Kier alpha value is -2.27. The maximum atomic E-state index is 11.8. The lowest BCUT2D eigenvalue weighted by Crippen LogP contribution is -2.29. The molecule has 1 aromatic heterocycles. The van der Waals surface area contributed by atoms with Crippen LogP contribution >= 0.6 is 0 Å². The van der Waals surface area contributed by atoms with Gasteiger partial charge in [-0.2, -0.15) is 0 Å². The molecule has 1 amide bonds. The van der Waals surface area contributed by atoms with E-state index >= 15 is 0 Å². The number of nitrogens with one attached hydrogen (secondary N) is 1. The molecule has 1 heterocycles. The van der Waals surface area contributed by atoms with Crippen molar-refractivity contribution in [1.29, 1.82) is 0 Å². The second kappa shape index (κ2) is 6.06. The second-order valence-electron chi connectivity index (χ2n) is 4.42. The van der Waals surface area contributed by atoms with Crippen LogP contribution in [-0.4, -0.2) is 24.4 Å². The first-order chi connectivity index (χ1) is 9.13. The molecular formula is C14H17N3O2. The van der Waals surface area contributed by atoms with Crippen LogP contribution in [0.3, 0.4) is 0 Å². The highest BCUT2D eigenvalue weighted by molar-refractivity contribution is 5.92. The molecule has 2 rings (SSSR count). The number of carbonyl (C=O) groups excluding carboxylic acids is 1. The molecule has 0 aliphatic heterocycles. The van der Waals surface area contributed by atoms with Gasteiger partial charge in [0.25, 0.3) is 0 Å². The summed E-state index contributed by atoms with van der Waals surface area (Å²) in [5, 5.41) is 2.81. The molecule has 0 fully saturated rings. The third kappa shape index (κ3) is 4.15. The summed E-state index contributed by atoms with van der Waals surface area (Å²) < 4.78 is 5.23. The number of anilines is 2. The summed E-state index contributed by atoms with van der Waals surface area (Å²) in [7, 11) is 1.87. The normalized spacial score (nSPS) is 10.6. The Morgan fingerprint density at radius 1 is 1.32 bits per heavy atom. The fourth-order valence-corrected chi connectivity index (χ4v) is 1.74. The molecule has 0 spiro atoms. The van der Waals surface area contributed by atoms with Crippen LogP contribution in [0.1, 0.15) is 5.76 Å². The summed E-state index contributed by atoms with van der Waals surface area (Å²) in [6.45, 7) is 0.896. The summed E-state index contributed by atoms with van der Waals surface area (Å²) in [5.74, 6) is 0.765. The maximum Gasteiger partial charge on any atom is 0.238 e. The first kappa shape index (κ1) is 13.2. The fraction of sp³-hybridized carbons (Fsp3) is 0.214. The van der Waals surface area contributed by atoms with Crippen molar-refractivity contribution < 1.29 is 9.21 Å². The number of furan rings is 1. The van der Waals surface area contributed by atoms with Crippen molar-refractivity contribution in [3.63, 3.8) is 0 Å². The maximum absolute atomic E-state index is 11.8. The number of amides is 1. The number of nitrogen functional groups attached to an aromatic ring is 1. The van der Waals surface area contributed by atoms with Gasteiger partial charge in [0.2, 0.25) is 5.91 Å². The summed E-state index contributed by atoms with van der Waals surface area (Å²) in [5.41, 5.74) is 7.00. The highest BCUT2D eigenvalue weighted by atomic mass is 16.3. The Bertz CT molecular complexity index is 520. The van der Waals surface area contributed by atoms with Gasteiger partial charge in [0, 0.05) is 11.4 Å². The average molecular weight is 259 g/mol. The quantitative estimate of drug-likeness (QED) is 0.805. The SMILES string of the molecule is CN(CC(=O)Nc1ccc(N)cc1)Cc1ccco1. The van der Waals surface area contributed by atoms with Gasteiger partial charge >= 0.3 is 0 Å². The van der Waals surface area contributed by atoms with E-state index in [0.29, 0.717) is 18.8 Å². The number of hydrogen-bond donors (Lipinski definition) is 2. The van der Waals surface area contributed by atoms with Crippen LogP contribution in [-0.2, 0) is 11.3 Å². The van der Waals surface area contributed by atoms with E-state index in [0.717, 1.165) is 11.4 Å². The van der Waals surface area contributed by atoms with Crippen LogP contribution in [0.5, 0.6) is 0 Å². The van der Waals surface area contributed by atoms with Crippen molar-refractivity contribution >= 4 is 17.3 Å². The van der Waals surface area contributed by atoms with Crippen molar-refractivity contribution in [3.05, 3.63) is 48.4 Å². The molecule has 2 aromatic rings. The Morgan fingerprint density at radius 3 is 2.68 bits per heavy atom. The molecule has 5 heteroatoms. The van der Waals surface area contributed by atoms with E-state index in [1.54, 1.807) is 30.5 Å². The Morgan fingerprint density at radius 2 is 2.05 bits per heavy atom. The topological polar surface area (TPSA) is 71.5 Å². The van der Waals surface area contributed by atoms with E-state index in [1.807, 2.05) is 24.1 Å². The number of benzene rings is 1. The Balaban J connectivity index is 1.82. The van der Waals surface area contributed by atoms with Crippen LogP contribution in [0, 0.1) is 0 Å². The Labute approximate surface area is 112 Å². The number of nitrogens with two attached hydrogens (primary N) is 1. The standard InChI is InChI=1S/C14H17N3O2/c1-17(9-13-3-2-8-19-13)10-14(18)16-12-6-4-11(15)5-7-12/h2-8H,9-10,15H2,1H3,(H,16,18). The number of rotatable bonds is 5. The summed E-state index contributed by atoms with van der Waals surface area (Å²) in [6.07, 6.45) is 1.62. The predicted octanol–water partition coefficient (Wildman–Crippen LogP) is 1.93. The van der Waals surface area contributed by atoms with Gasteiger partial charge in [0.05, 0.1) is 19.4 Å². The number of carbonyl (C=O) groups is 1. The first-order valence-electron chi connectivity index (χ1n) is 6.00. The van der Waals surface area contributed by atoms with Gasteiger partial charge in [-0.1, -0.05) is 0 Å². The van der Waals surface area contributed by atoms with E-state index < -0.39 is 0 Å². The van der Waals surface area contributed by atoms with Gasteiger partial charge in [-0.3, -0.25) is 9.69 Å². The van der Waals surface area contributed by atoms with Crippen molar-refractivity contribution in [2.24, 2.45) is 0 Å². The minimum absolute atomic E-state index is 0.0705. The average Bonchev–Trinajstić information content (AvgIpc) is 2.84. The number of hydrogen-bond acceptors (Lipinski definition) is 4. The van der Waals surface area contributed by atoms with E-state index in [4.69, 9.17) is 10.2 Å². The molecule has 19 heavy (non-hydrogen) atoms. The van der Waals surface area contributed by atoms with Crippen molar-refractivity contribution in [3.8, 4) is 0 Å². The molecular weight excluding hydrogens is 242 g/mol. The molecule has 0 aliphatic carbocycles. The predicted molar refractivity (Wildman–Crippen MR) is 74.5 cm³/mol. The van der Waals surface area contributed by atoms with Crippen molar-refractivity contribution in [1.82, 2.24) is 4.90 Å². The van der Waals surface area contributed by atoms with Crippen LogP contribution in [0.25, 0.3) is 0 Å². The molecule has 3 N–H and O–H groups in total. The van der Waals surface area contributed by atoms with Crippen molar-refractivity contribution in [2.75, 3.05) is 24.6 Å². The molecule has 0 aliphatic rings. The first-order valence-corrected chi connectivity index (χ1v) is 6.00. The van der Waals surface area contributed by atoms with Gasteiger partial charge in [-0.15, -0.1) is 0 Å². The van der Waals surface area contributed by atoms with Gasteiger partial charge in [0.15, 0.2) is 0 Å². The molecule has 0 saturated carbocycles. The highest BCUT2D eigenvalue weighted by Gasteiger charge is 2.08. The minimum Gasteiger partial charge on any atom is -0.468 e. The zero-order valence-corrected chi connectivity index (χ0v) is 10.8. The third-order valence-electron chi connectivity index (χ3n) is 2.61. The lowest BCUT2D eigenvalue weighted by Gasteiger charge is -2.14. The monoisotopic (exact) mass is 259 g/mol. The number of nitrogens with zero attached hydrogens (tertiary/aromatic N) is 1. The van der Waals surface area contributed by atoms with E-state index in [-0.39, 0.29) is 5.91 Å². The minimum atomic E-state index is -0.0705. The van der Waals surface area contributed by atoms with E-state index in [2.05, 4.69) is 5.32 Å². The third-order valence-corrected chi connectivity index (χ3v) is 2.61. The van der Waals surface area contributed by atoms with Gasteiger partial charge in [0.1, 0.15) is 5.76 Å². The summed E-state index contributed by atoms with van der Waals surface area (Å²) in [6, 6.07) is 10.8. The number of likely N-dealkylation sites (N-methyl/N-ethyl adjacent to an activating group) is 1. The molecule has 0 unspecified atom stereocenters. The van der Waals surface area contributed by atoms with E-state index in [9.17, 15) is 4.79 Å². The van der Waals surface area contributed by atoms with Crippen LogP contribution < -0.4 is 11.1 Å². The zero-order valence-electron chi connectivity index (χ0n) is 10.8. The highest BCUT2D eigenvalue weighted by Crippen LogP contribution is 2.10. The van der Waals surface area contributed by atoms with Gasteiger partial charge in [-0.05, 0) is 43.4 Å². The zero-order chi connectivity index (χ0) is 13.7. The van der Waals surface area contributed by atoms with Crippen molar-refractivity contribution in [2.45, 2.75) is 6.54 Å². The molecule has 0 radical (unpaired) electrons. The smallest absolute Gasteiger partial charge is 0.238 e. The molecule has 0 bridgehead atoms. The fourth-order valence-electron chi connectivity index (χ4n) is 1.74. The Kier molecular flexibility index (Phi) is 4.20. The van der Waals surface area contributed by atoms with E-state index in [1.165, 1.54) is 0 Å². The lowest BCUT2D eigenvalue weighted by atomic mass is 10.3. The van der Waals surface area contributed by atoms with Crippen LogP contribution in [0.4, 0.5) is 11.4 Å². The molecule has 0 saturated heterocycles. The molecule has 1 aromatic carbocycles. The second-order valence-corrected chi connectivity index (χ2v) is 4.42. The summed E-state index contributed by atoms with van der Waals surface area (Å²) in [4.78, 5) is 13.7. The van der Waals surface area contributed by atoms with Gasteiger partial charge in [-0.25, -0.2) is 0 Å². The van der Waals surface area contributed by atoms with Crippen LogP contribution in [0.2, 0.25) is 0 Å². The molecule has 0 atom stereocenters. The largest absolute Gasteiger partial charge is 0.468 e. The van der Waals surface area contributed by atoms with Crippen LogP contribution in [0.15, 0.2) is 47.1 Å². The van der Waals surface area contributed by atoms with Gasteiger partial charge < -0.3 is 15.5 Å². The lowest BCUT2D eigenvalue weighted by molar-refractivity contribution is -0.117. The summed E-state index contributed by atoms with van der Waals surface area (Å²) >= 11 is 0. The molecule has 100 valence electrons. The molecule has 5 nitrogen and oxygen atoms in total.